The summed E-state index contributed by atoms with van der Waals surface area (Å²) in [6.45, 7) is 1.22. The molecular formula is C17H17NO3. The second-order valence-corrected chi connectivity index (χ2v) is 4.93. The maximum absolute atomic E-state index is 11.4. The molecule has 1 amide bonds. The van der Waals surface area contributed by atoms with Crippen molar-refractivity contribution in [3.05, 3.63) is 60.2 Å². The van der Waals surface area contributed by atoms with E-state index < -0.39 is 0 Å². The molecule has 0 aromatic heterocycles. The third kappa shape index (κ3) is 3.54. The van der Waals surface area contributed by atoms with Gasteiger partial charge in [0.2, 0.25) is 0 Å². The number of carbonyl (C=O) groups is 1. The second-order valence-electron chi connectivity index (χ2n) is 4.93. The smallest absolute Gasteiger partial charge is 0.261 e. The number of amides is 1. The number of hydrogen-bond acceptors (Lipinski definition) is 3. The summed E-state index contributed by atoms with van der Waals surface area (Å²) in [4.78, 5) is 11.4. The Bertz CT molecular complexity index is 595. The van der Waals surface area contributed by atoms with Crippen LogP contribution in [0.4, 0.5) is 0 Å². The van der Waals surface area contributed by atoms with Gasteiger partial charge in [-0.05, 0) is 29.8 Å². The van der Waals surface area contributed by atoms with Crippen molar-refractivity contribution < 1.29 is 14.3 Å². The zero-order chi connectivity index (χ0) is 14.5. The van der Waals surface area contributed by atoms with Gasteiger partial charge in [0.1, 0.15) is 18.1 Å². The van der Waals surface area contributed by atoms with Crippen molar-refractivity contribution in [1.29, 1.82) is 0 Å². The number of ether oxygens (including phenoxy) is 2. The molecule has 1 aliphatic heterocycles. The van der Waals surface area contributed by atoms with E-state index in [4.69, 9.17) is 9.47 Å². The molecule has 1 atom stereocenters. The summed E-state index contributed by atoms with van der Waals surface area (Å²) in [5.74, 6) is 1.42. The average molecular weight is 283 g/mol. The van der Waals surface area contributed by atoms with Gasteiger partial charge in [-0.3, -0.25) is 4.79 Å². The molecule has 0 saturated carbocycles. The molecule has 1 heterocycles. The summed E-state index contributed by atoms with van der Waals surface area (Å²) in [5, 5.41) is 2.75. The molecule has 1 N–H and O–H groups in total. The van der Waals surface area contributed by atoms with Gasteiger partial charge in [0.25, 0.3) is 5.91 Å². The van der Waals surface area contributed by atoms with E-state index in [0.29, 0.717) is 25.3 Å². The molecule has 0 bridgehead atoms. The van der Waals surface area contributed by atoms with Gasteiger partial charge >= 0.3 is 0 Å². The molecule has 108 valence electrons. The Morgan fingerprint density at radius 2 is 1.71 bits per heavy atom. The Morgan fingerprint density at radius 3 is 2.38 bits per heavy atom. The summed E-state index contributed by atoms with van der Waals surface area (Å²) < 4.78 is 11.3. The van der Waals surface area contributed by atoms with E-state index in [-0.39, 0.29) is 12.0 Å². The molecule has 4 nitrogen and oxygen atoms in total. The maximum Gasteiger partial charge on any atom is 0.261 e. The third-order valence-electron chi connectivity index (χ3n) is 3.35. The molecule has 1 fully saturated rings. The van der Waals surface area contributed by atoms with Crippen LogP contribution in [-0.4, -0.2) is 18.6 Å². The zero-order valence-electron chi connectivity index (χ0n) is 11.6. The number of hydrogen-bond donors (Lipinski definition) is 1. The number of benzene rings is 2. The quantitative estimate of drug-likeness (QED) is 0.917. The summed E-state index contributed by atoms with van der Waals surface area (Å²) in [6.07, 6.45) is 0.339. The van der Waals surface area contributed by atoms with Crippen LogP contribution in [0.3, 0.4) is 0 Å². The van der Waals surface area contributed by atoms with Crippen LogP contribution < -0.4 is 14.8 Å². The standard InChI is InChI=1S/C17H17NO3/c19-17-16(10-11-18-17)21-15-8-6-14(7-9-15)20-12-13-4-2-1-3-5-13/h1-9,16H,10-12H2,(H,18,19)/t16-/m1/s1. The molecule has 2 aromatic rings. The molecule has 4 heteroatoms. The highest BCUT2D eigenvalue weighted by Crippen LogP contribution is 2.21. The SMILES string of the molecule is O=C1NCC[C@H]1Oc1ccc(OCc2ccccc2)cc1. The van der Waals surface area contributed by atoms with Crippen LogP contribution in [0.1, 0.15) is 12.0 Å². The second kappa shape index (κ2) is 6.31. The highest BCUT2D eigenvalue weighted by molar-refractivity contribution is 5.83. The lowest BCUT2D eigenvalue weighted by atomic mass is 10.2. The van der Waals surface area contributed by atoms with E-state index in [1.54, 1.807) is 0 Å². The first-order valence-electron chi connectivity index (χ1n) is 7.02. The molecule has 1 aliphatic rings. The molecule has 0 unspecified atom stereocenters. The van der Waals surface area contributed by atoms with Gasteiger partial charge in [0, 0.05) is 13.0 Å². The minimum atomic E-state index is -0.374. The van der Waals surface area contributed by atoms with Crippen LogP contribution in [0.25, 0.3) is 0 Å². The number of carbonyl (C=O) groups excluding carboxylic acids is 1. The molecule has 3 rings (SSSR count). The molecule has 0 radical (unpaired) electrons. The van der Waals surface area contributed by atoms with Gasteiger partial charge in [-0.2, -0.15) is 0 Å². The Hall–Kier alpha value is -2.49. The fourth-order valence-corrected chi connectivity index (χ4v) is 2.20. The molecule has 1 saturated heterocycles. The Morgan fingerprint density at radius 1 is 1.00 bits per heavy atom. The van der Waals surface area contributed by atoms with E-state index >= 15 is 0 Å². The maximum atomic E-state index is 11.4. The summed E-state index contributed by atoms with van der Waals surface area (Å²) in [5.41, 5.74) is 1.13. The van der Waals surface area contributed by atoms with Crippen molar-refractivity contribution >= 4 is 5.91 Å². The van der Waals surface area contributed by atoms with Crippen molar-refractivity contribution in [3.8, 4) is 11.5 Å². The number of rotatable bonds is 5. The van der Waals surface area contributed by atoms with Gasteiger partial charge in [-0.15, -0.1) is 0 Å². The van der Waals surface area contributed by atoms with E-state index in [1.807, 2.05) is 54.6 Å². The van der Waals surface area contributed by atoms with Gasteiger partial charge in [0.15, 0.2) is 6.10 Å². The van der Waals surface area contributed by atoms with Crippen LogP contribution >= 0.6 is 0 Å². The van der Waals surface area contributed by atoms with E-state index in [1.165, 1.54) is 0 Å². The zero-order valence-corrected chi connectivity index (χ0v) is 11.6. The summed E-state index contributed by atoms with van der Waals surface area (Å²) in [7, 11) is 0. The first kappa shape index (κ1) is 13.5. The van der Waals surface area contributed by atoms with Gasteiger partial charge in [-0.1, -0.05) is 30.3 Å². The molecular weight excluding hydrogens is 266 g/mol. The minimum absolute atomic E-state index is 0.0422. The first-order chi connectivity index (χ1) is 10.3. The van der Waals surface area contributed by atoms with Crippen molar-refractivity contribution in [2.24, 2.45) is 0 Å². The van der Waals surface area contributed by atoms with Crippen molar-refractivity contribution in [1.82, 2.24) is 5.32 Å². The first-order valence-corrected chi connectivity index (χ1v) is 7.02. The van der Waals surface area contributed by atoms with Crippen LogP contribution in [-0.2, 0) is 11.4 Å². The van der Waals surface area contributed by atoms with Gasteiger partial charge in [0.05, 0.1) is 0 Å². The highest BCUT2D eigenvalue weighted by atomic mass is 16.5. The van der Waals surface area contributed by atoms with Gasteiger partial charge in [-0.25, -0.2) is 0 Å². The Labute approximate surface area is 123 Å². The number of nitrogens with one attached hydrogen (secondary N) is 1. The normalized spacial score (nSPS) is 17.3. The van der Waals surface area contributed by atoms with Crippen molar-refractivity contribution in [2.45, 2.75) is 19.1 Å². The lowest BCUT2D eigenvalue weighted by molar-refractivity contribution is -0.124. The fraction of sp³-hybridized carbons (Fsp3) is 0.235. The van der Waals surface area contributed by atoms with E-state index in [9.17, 15) is 4.79 Å². The molecule has 21 heavy (non-hydrogen) atoms. The van der Waals surface area contributed by atoms with Gasteiger partial charge < -0.3 is 14.8 Å². The molecule has 2 aromatic carbocycles. The molecule has 0 spiro atoms. The summed E-state index contributed by atoms with van der Waals surface area (Å²) >= 11 is 0. The van der Waals surface area contributed by atoms with Crippen molar-refractivity contribution in [3.63, 3.8) is 0 Å². The highest BCUT2D eigenvalue weighted by Gasteiger charge is 2.25. The topological polar surface area (TPSA) is 47.6 Å². The largest absolute Gasteiger partial charge is 0.489 e. The average Bonchev–Trinajstić information content (AvgIpc) is 2.93. The van der Waals surface area contributed by atoms with Crippen LogP contribution in [0.15, 0.2) is 54.6 Å². The van der Waals surface area contributed by atoms with Crippen LogP contribution in [0, 0.1) is 0 Å². The van der Waals surface area contributed by atoms with E-state index in [0.717, 1.165) is 11.3 Å². The predicted octanol–water partition coefficient (Wildman–Crippen LogP) is 2.53. The fourth-order valence-electron chi connectivity index (χ4n) is 2.20. The third-order valence-corrected chi connectivity index (χ3v) is 3.35. The predicted molar refractivity (Wildman–Crippen MR) is 79.3 cm³/mol. The Balaban J connectivity index is 1.55. The Kier molecular flexibility index (Phi) is 4.05. The van der Waals surface area contributed by atoms with Crippen molar-refractivity contribution in [2.75, 3.05) is 6.54 Å². The summed E-state index contributed by atoms with van der Waals surface area (Å²) in [6, 6.07) is 17.4. The lowest BCUT2D eigenvalue weighted by Gasteiger charge is -2.12. The monoisotopic (exact) mass is 283 g/mol. The van der Waals surface area contributed by atoms with Crippen LogP contribution in [0.2, 0.25) is 0 Å². The minimum Gasteiger partial charge on any atom is -0.489 e. The van der Waals surface area contributed by atoms with Crippen LogP contribution in [0.5, 0.6) is 11.5 Å². The lowest BCUT2D eigenvalue weighted by Crippen LogP contribution is -2.27. The molecule has 0 aliphatic carbocycles. The van der Waals surface area contributed by atoms with E-state index in [2.05, 4.69) is 5.32 Å².